The molecule has 2 aromatic carbocycles. The van der Waals surface area contributed by atoms with E-state index in [-0.39, 0.29) is 10.6 Å². The third kappa shape index (κ3) is 4.87. The highest BCUT2D eigenvalue weighted by Crippen LogP contribution is 2.20. The Kier molecular flexibility index (Phi) is 5.36. The quantitative estimate of drug-likeness (QED) is 0.614. The Balaban J connectivity index is 2.07. The molecule has 2 aromatic rings. The van der Waals surface area contributed by atoms with Crippen molar-refractivity contribution in [2.24, 2.45) is 0 Å². The predicted molar refractivity (Wildman–Crippen MR) is 92.3 cm³/mol. The van der Waals surface area contributed by atoms with Gasteiger partial charge in [0.2, 0.25) is 10.0 Å². The van der Waals surface area contributed by atoms with Crippen molar-refractivity contribution >= 4 is 15.7 Å². The van der Waals surface area contributed by atoms with Crippen LogP contribution in [-0.2, 0) is 16.4 Å². The molecule has 0 heterocycles. The number of aryl methyl sites for hydroxylation is 1. The van der Waals surface area contributed by atoms with Crippen molar-refractivity contribution in [1.82, 2.24) is 4.72 Å². The summed E-state index contributed by atoms with van der Waals surface area (Å²) in [6.07, 6.45) is 1.37. The highest BCUT2D eigenvalue weighted by molar-refractivity contribution is 7.89. The fourth-order valence-corrected chi connectivity index (χ4v) is 3.76. The monoisotopic (exact) mass is 348 g/mol. The Bertz CT molecular complexity index is 800. The van der Waals surface area contributed by atoms with E-state index in [9.17, 15) is 18.5 Å². The van der Waals surface area contributed by atoms with Crippen LogP contribution < -0.4 is 4.72 Å². The van der Waals surface area contributed by atoms with Crippen LogP contribution in [0, 0.1) is 10.1 Å². The molecule has 7 heteroatoms. The average molecular weight is 348 g/mol. The third-order valence-electron chi connectivity index (χ3n) is 3.65. The zero-order chi connectivity index (χ0) is 17.8. The molecule has 0 aliphatic heterocycles. The molecule has 0 saturated carbocycles. The van der Waals surface area contributed by atoms with Crippen LogP contribution in [0.15, 0.2) is 59.5 Å². The fraction of sp³-hybridized carbons (Fsp3) is 0.294. The van der Waals surface area contributed by atoms with Gasteiger partial charge in [-0.15, -0.1) is 0 Å². The van der Waals surface area contributed by atoms with E-state index in [1.54, 1.807) is 0 Å². The Morgan fingerprint density at radius 2 is 1.62 bits per heavy atom. The van der Waals surface area contributed by atoms with E-state index in [1.165, 1.54) is 24.3 Å². The summed E-state index contributed by atoms with van der Waals surface area (Å²) >= 11 is 0. The maximum Gasteiger partial charge on any atom is 0.269 e. The Morgan fingerprint density at radius 3 is 2.17 bits per heavy atom. The normalized spacial score (nSPS) is 12.1. The van der Waals surface area contributed by atoms with E-state index in [2.05, 4.69) is 4.72 Å². The van der Waals surface area contributed by atoms with Crippen LogP contribution in [0.4, 0.5) is 5.69 Å². The van der Waals surface area contributed by atoms with Gasteiger partial charge in [-0.3, -0.25) is 10.1 Å². The van der Waals surface area contributed by atoms with Gasteiger partial charge in [-0.1, -0.05) is 30.3 Å². The summed E-state index contributed by atoms with van der Waals surface area (Å²) in [6.45, 7) is 3.64. The summed E-state index contributed by atoms with van der Waals surface area (Å²) in [6, 6.07) is 14.7. The lowest BCUT2D eigenvalue weighted by atomic mass is 9.97. The summed E-state index contributed by atoms with van der Waals surface area (Å²) < 4.78 is 27.6. The van der Waals surface area contributed by atoms with Gasteiger partial charge in [0, 0.05) is 17.7 Å². The standard InChI is InChI=1S/C17H20N2O4S/c1-17(2,13-12-14-6-4-3-5-7-14)18-24(22,23)16-10-8-15(9-11-16)19(20)21/h3-11,18H,12-13H2,1-2H3. The number of hydrogen-bond acceptors (Lipinski definition) is 4. The lowest BCUT2D eigenvalue weighted by molar-refractivity contribution is -0.384. The minimum absolute atomic E-state index is 0.0147. The van der Waals surface area contributed by atoms with Gasteiger partial charge >= 0.3 is 0 Å². The van der Waals surface area contributed by atoms with E-state index in [1.807, 2.05) is 44.2 Å². The predicted octanol–water partition coefficient (Wildman–Crippen LogP) is 3.28. The van der Waals surface area contributed by atoms with Crippen LogP contribution in [-0.4, -0.2) is 18.9 Å². The number of rotatable bonds is 7. The Labute approximate surface area is 141 Å². The molecule has 0 amide bonds. The summed E-state index contributed by atoms with van der Waals surface area (Å²) in [5, 5.41) is 10.7. The number of benzene rings is 2. The maximum absolute atomic E-state index is 12.5. The van der Waals surface area contributed by atoms with Crippen molar-refractivity contribution in [2.45, 2.75) is 37.1 Å². The van der Waals surface area contributed by atoms with Gasteiger partial charge in [0.1, 0.15) is 0 Å². The lowest BCUT2D eigenvalue weighted by Gasteiger charge is -2.26. The summed E-state index contributed by atoms with van der Waals surface area (Å²) in [4.78, 5) is 10.1. The number of hydrogen-bond donors (Lipinski definition) is 1. The first-order chi connectivity index (χ1) is 11.2. The topological polar surface area (TPSA) is 89.3 Å². The van der Waals surface area contributed by atoms with Gasteiger partial charge in [0.15, 0.2) is 0 Å². The van der Waals surface area contributed by atoms with Crippen LogP contribution in [0.5, 0.6) is 0 Å². The van der Waals surface area contributed by atoms with Gasteiger partial charge in [-0.05, 0) is 44.4 Å². The van der Waals surface area contributed by atoms with Crippen LogP contribution in [0.3, 0.4) is 0 Å². The fourth-order valence-electron chi connectivity index (χ4n) is 2.32. The largest absolute Gasteiger partial charge is 0.269 e. The molecule has 0 radical (unpaired) electrons. The molecule has 128 valence electrons. The number of sulfonamides is 1. The first kappa shape index (κ1) is 18.1. The van der Waals surface area contributed by atoms with Crippen molar-refractivity contribution in [1.29, 1.82) is 0 Å². The molecule has 0 fully saturated rings. The minimum atomic E-state index is -3.74. The van der Waals surface area contributed by atoms with Crippen LogP contribution >= 0.6 is 0 Å². The minimum Gasteiger partial charge on any atom is -0.258 e. The smallest absolute Gasteiger partial charge is 0.258 e. The highest BCUT2D eigenvalue weighted by Gasteiger charge is 2.26. The molecule has 0 aliphatic rings. The zero-order valence-electron chi connectivity index (χ0n) is 13.6. The van der Waals surface area contributed by atoms with E-state index < -0.39 is 20.5 Å². The number of nitrogens with one attached hydrogen (secondary N) is 1. The molecule has 1 N–H and O–H groups in total. The second kappa shape index (κ2) is 7.11. The van der Waals surface area contributed by atoms with Crippen molar-refractivity contribution in [3.05, 3.63) is 70.3 Å². The molecule has 0 aliphatic carbocycles. The van der Waals surface area contributed by atoms with E-state index in [4.69, 9.17) is 0 Å². The van der Waals surface area contributed by atoms with E-state index in [0.717, 1.165) is 12.0 Å². The molecule has 0 aromatic heterocycles. The number of nitrogens with zero attached hydrogens (tertiary/aromatic N) is 1. The van der Waals surface area contributed by atoms with Crippen molar-refractivity contribution in [2.75, 3.05) is 0 Å². The first-order valence-electron chi connectivity index (χ1n) is 7.52. The number of non-ortho nitro benzene ring substituents is 1. The number of nitro benzene ring substituents is 1. The van der Waals surface area contributed by atoms with Gasteiger partial charge in [0.25, 0.3) is 5.69 Å². The molecule has 6 nitrogen and oxygen atoms in total. The Hall–Kier alpha value is -2.25. The van der Waals surface area contributed by atoms with Crippen LogP contribution in [0.1, 0.15) is 25.8 Å². The van der Waals surface area contributed by atoms with E-state index >= 15 is 0 Å². The highest BCUT2D eigenvalue weighted by atomic mass is 32.2. The number of nitro groups is 1. The van der Waals surface area contributed by atoms with Crippen LogP contribution in [0.2, 0.25) is 0 Å². The van der Waals surface area contributed by atoms with Crippen molar-refractivity contribution in [3.63, 3.8) is 0 Å². The zero-order valence-corrected chi connectivity index (χ0v) is 14.4. The SMILES string of the molecule is CC(C)(CCc1ccccc1)NS(=O)(=O)c1ccc([N+](=O)[O-])cc1. The molecule has 2 rings (SSSR count). The summed E-state index contributed by atoms with van der Waals surface area (Å²) in [7, 11) is -3.74. The van der Waals surface area contributed by atoms with E-state index in [0.29, 0.717) is 6.42 Å². The molecule has 0 unspecified atom stereocenters. The van der Waals surface area contributed by atoms with Crippen molar-refractivity contribution in [3.8, 4) is 0 Å². The van der Waals surface area contributed by atoms with Gasteiger partial charge in [-0.2, -0.15) is 0 Å². The summed E-state index contributed by atoms with van der Waals surface area (Å²) in [5.41, 5.74) is 0.355. The summed E-state index contributed by atoms with van der Waals surface area (Å²) in [5.74, 6) is 0. The van der Waals surface area contributed by atoms with Gasteiger partial charge in [0.05, 0.1) is 9.82 Å². The molecular weight excluding hydrogens is 328 g/mol. The third-order valence-corrected chi connectivity index (χ3v) is 5.36. The molecule has 24 heavy (non-hydrogen) atoms. The molecule has 0 bridgehead atoms. The Morgan fingerprint density at radius 1 is 1.04 bits per heavy atom. The van der Waals surface area contributed by atoms with Crippen LogP contribution in [0.25, 0.3) is 0 Å². The average Bonchev–Trinajstić information content (AvgIpc) is 2.53. The van der Waals surface area contributed by atoms with Gasteiger partial charge in [-0.25, -0.2) is 13.1 Å². The molecule has 0 saturated heterocycles. The van der Waals surface area contributed by atoms with Gasteiger partial charge < -0.3 is 0 Å². The lowest BCUT2D eigenvalue weighted by Crippen LogP contribution is -2.43. The first-order valence-corrected chi connectivity index (χ1v) is 9.00. The molecule has 0 spiro atoms. The second-order valence-corrected chi connectivity index (χ2v) is 7.91. The molecule has 0 atom stereocenters. The van der Waals surface area contributed by atoms with Crippen molar-refractivity contribution < 1.29 is 13.3 Å². The maximum atomic E-state index is 12.5. The second-order valence-electron chi connectivity index (χ2n) is 6.23. The molecular formula is C17H20N2O4S.